The molecule has 20 heavy (non-hydrogen) atoms. The van der Waals surface area contributed by atoms with Crippen molar-refractivity contribution in [3.05, 3.63) is 32.1 Å². The molecule has 4 nitrogen and oxygen atoms in total. The number of thiophene rings is 1. The van der Waals surface area contributed by atoms with Crippen molar-refractivity contribution in [1.29, 1.82) is 0 Å². The molecule has 1 unspecified atom stereocenters. The summed E-state index contributed by atoms with van der Waals surface area (Å²) in [5.74, 6) is 0. The predicted molar refractivity (Wildman–Crippen MR) is 85.6 cm³/mol. The summed E-state index contributed by atoms with van der Waals surface area (Å²) in [6, 6.07) is 2.04. The van der Waals surface area contributed by atoms with E-state index in [2.05, 4.69) is 26.3 Å². The molecule has 1 aliphatic heterocycles. The molecule has 1 fully saturated rings. The zero-order valence-corrected chi connectivity index (χ0v) is 14.0. The molecule has 0 saturated carbocycles. The molecule has 1 N–H and O–H groups in total. The Morgan fingerprint density at radius 2 is 2.50 bits per heavy atom. The molecule has 0 aliphatic carbocycles. The number of aromatic nitrogens is 2. The van der Waals surface area contributed by atoms with Crippen LogP contribution in [0.3, 0.4) is 0 Å². The Balaban J connectivity index is 1.54. The molecule has 1 aliphatic rings. The Bertz CT molecular complexity index is 560. The van der Waals surface area contributed by atoms with Crippen LogP contribution in [0.1, 0.15) is 17.7 Å². The summed E-state index contributed by atoms with van der Waals surface area (Å²) >= 11 is 11.0. The average molecular weight is 377 g/mol. The van der Waals surface area contributed by atoms with E-state index in [1.807, 2.05) is 23.1 Å². The SMILES string of the molecule is Clc1sc(CNc2cnn(CC3CCCO3)c2)cc1Br. The van der Waals surface area contributed by atoms with Crippen molar-refractivity contribution in [3.8, 4) is 0 Å². The fourth-order valence-corrected chi connectivity index (χ4v) is 3.95. The van der Waals surface area contributed by atoms with Crippen LogP contribution >= 0.6 is 38.9 Å². The van der Waals surface area contributed by atoms with E-state index < -0.39 is 0 Å². The van der Waals surface area contributed by atoms with Gasteiger partial charge < -0.3 is 10.1 Å². The third-order valence-corrected chi connectivity index (χ3v) is 5.69. The third-order valence-electron chi connectivity index (χ3n) is 3.21. The van der Waals surface area contributed by atoms with Gasteiger partial charge in [-0.05, 0) is 34.8 Å². The Kier molecular flexibility index (Phi) is 4.65. The Morgan fingerprint density at radius 3 is 3.20 bits per heavy atom. The van der Waals surface area contributed by atoms with Gasteiger partial charge >= 0.3 is 0 Å². The molecule has 0 radical (unpaired) electrons. The maximum absolute atomic E-state index is 6.02. The van der Waals surface area contributed by atoms with Crippen molar-refractivity contribution in [2.75, 3.05) is 11.9 Å². The van der Waals surface area contributed by atoms with E-state index in [0.29, 0.717) is 6.10 Å². The minimum atomic E-state index is 0.315. The predicted octanol–water partition coefficient (Wildman–Crippen LogP) is 4.15. The highest BCUT2D eigenvalue weighted by atomic mass is 79.9. The first-order valence-electron chi connectivity index (χ1n) is 6.52. The molecule has 2 aromatic heterocycles. The highest BCUT2D eigenvalue weighted by molar-refractivity contribution is 9.10. The van der Waals surface area contributed by atoms with E-state index in [1.54, 1.807) is 11.3 Å². The zero-order chi connectivity index (χ0) is 13.9. The van der Waals surface area contributed by atoms with Crippen LogP contribution in [0.2, 0.25) is 4.34 Å². The quantitative estimate of drug-likeness (QED) is 0.852. The van der Waals surface area contributed by atoms with Gasteiger partial charge in [-0.25, -0.2) is 0 Å². The minimum absolute atomic E-state index is 0.315. The van der Waals surface area contributed by atoms with E-state index in [1.165, 1.54) is 4.88 Å². The molecule has 0 bridgehead atoms. The molecule has 1 atom stereocenters. The lowest BCUT2D eigenvalue weighted by molar-refractivity contribution is 0.0940. The van der Waals surface area contributed by atoms with Crippen molar-refractivity contribution < 1.29 is 4.74 Å². The van der Waals surface area contributed by atoms with E-state index in [9.17, 15) is 0 Å². The van der Waals surface area contributed by atoms with Gasteiger partial charge in [0, 0.05) is 28.7 Å². The molecule has 0 aromatic carbocycles. The van der Waals surface area contributed by atoms with Gasteiger partial charge in [-0.1, -0.05) is 11.6 Å². The maximum Gasteiger partial charge on any atom is 0.107 e. The van der Waals surface area contributed by atoms with Crippen molar-refractivity contribution in [2.24, 2.45) is 0 Å². The van der Waals surface area contributed by atoms with Gasteiger partial charge in [0.25, 0.3) is 0 Å². The Hall–Kier alpha value is -0.560. The third kappa shape index (κ3) is 3.55. The zero-order valence-electron chi connectivity index (χ0n) is 10.8. The monoisotopic (exact) mass is 375 g/mol. The van der Waals surface area contributed by atoms with Crippen molar-refractivity contribution in [1.82, 2.24) is 9.78 Å². The fourth-order valence-electron chi connectivity index (χ4n) is 2.22. The summed E-state index contributed by atoms with van der Waals surface area (Å²) in [6.07, 6.45) is 6.47. The van der Waals surface area contributed by atoms with Gasteiger partial charge in [0.05, 0.1) is 24.5 Å². The van der Waals surface area contributed by atoms with Gasteiger partial charge in [0.2, 0.25) is 0 Å². The van der Waals surface area contributed by atoms with Crippen LogP contribution in [-0.4, -0.2) is 22.5 Å². The molecule has 1 saturated heterocycles. The Labute approximate surface area is 135 Å². The highest BCUT2D eigenvalue weighted by Crippen LogP contribution is 2.32. The largest absolute Gasteiger partial charge is 0.378 e. The lowest BCUT2D eigenvalue weighted by Gasteiger charge is -2.08. The topological polar surface area (TPSA) is 39.1 Å². The van der Waals surface area contributed by atoms with E-state index in [0.717, 1.165) is 47.0 Å². The standard InChI is InChI=1S/C13H15BrClN3OS/c14-12-4-11(20-13(12)15)6-16-9-5-17-18(7-9)8-10-2-1-3-19-10/h4-5,7,10,16H,1-3,6,8H2. The number of nitrogens with zero attached hydrogens (tertiary/aromatic N) is 2. The van der Waals surface area contributed by atoms with E-state index >= 15 is 0 Å². The van der Waals surface area contributed by atoms with Crippen molar-refractivity contribution in [3.63, 3.8) is 0 Å². The van der Waals surface area contributed by atoms with Gasteiger partial charge in [0.1, 0.15) is 4.34 Å². The van der Waals surface area contributed by atoms with Crippen LogP contribution in [0.15, 0.2) is 22.9 Å². The van der Waals surface area contributed by atoms with Crippen molar-refractivity contribution >= 4 is 44.6 Å². The van der Waals surface area contributed by atoms with Gasteiger partial charge in [-0.3, -0.25) is 4.68 Å². The second-order valence-electron chi connectivity index (χ2n) is 4.77. The first kappa shape index (κ1) is 14.4. The van der Waals surface area contributed by atoms with E-state index in [4.69, 9.17) is 16.3 Å². The summed E-state index contributed by atoms with van der Waals surface area (Å²) in [6.45, 7) is 2.46. The number of hydrogen-bond acceptors (Lipinski definition) is 4. The summed E-state index contributed by atoms with van der Waals surface area (Å²) < 4.78 is 9.29. The molecule has 0 spiro atoms. The van der Waals surface area contributed by atoms with Crippen LogP contribution in [0.4, 0.5) is 5.69 Å². The normalized spacial score (nSPS) is 18.6. The molecule has 3 heterocycles. The molecule has 2 aromatic rings. The Morgan fingerprint density at radius 1 is 1.60 bits per heavy atom. The van der Waals surface area contributed by atoms with Gasteiger partial charge in [0.15, 0.2) is 0 Å². The summed E-state index contributed by atoms with van der Waals surface area (Å²) in [5, 5.41) is 7.71. The molecule has 3 rings (SSSR count). The second kappa shape index (κ2) is 6.47. The first-order chi connectivity index (χ1) is 9.70. The highest BCUT2D eigenvalue weighted by Gasteiger charge is 2.16. The first-order valence-corrected chi connectivity index (χ1v) is 8.51. The van der Waals surface area contributed by atoms with Gasteiger partial charge in [-0.2, -0.15) is 5.10 Å². The number of hydrogen-bond donors (Lipinski definition) is 1. The van der Waals surface area contributed by atoms with Gasteiger partial charge in [-0.15, -0.1) is 11.3 Å². The van der Waals surface area contributed by atoms with Crippen LogP contribution in [0, 0.1) is 0 Å². The van der Waals surface area contributed by atoms with Crippen LogP contribution in [0.25, 0.3) is 0 Å². The van der Waals surface area contributed by atoms with Crippen LogP contribution in [-0.2, 0) is 17.8 Å². The second-order valence-corrected chi connectivity index (χ2v) is 7.37. The molecular formula is C13H15BrClN3OS. The van der Waals surface area contributed by atoms with E-state index in [-0.39, 0.29) is 0 Å². The summed E-state index contributed by atoms with van der Waals surface area (Å²) in [7, 11) is 0. The number of anilines is 1. The molecular weight excluding hydrogens is 362 g/mol. The fraction of sp³-hybridized carbons (Fsp3) is 0.462. The summed E-state index contributed by atoms with van der Waals surface area (Å²) in [4.78, 5) is 1.19. The number of rotatable bonds is 5. The average Bonchev–Trinajstić information content (AvgIpc) is 3.12. The van der Waals surface area contributed by atoms with Crippen LogP contribution < -0.4 is 5.32 Å². The summed E-state index contributed by atoms with van der Waals surface area (Å²) in [5.41, 5.74) is 1.02. The van der Waals surface area contributed by atoms with Crippen LogP contribution in [0.5, 0.6) is 0 Å². The maximum atomic E-state index is 6.02. The number of ether oxygens (including phenoxy) is 1. The molecule has 7 heteroatoms. The molecule has 108 valence electrons. The lowest BCUT2D eigenvalue weighted by Crippen LogP contribution is -2.15. The number of halogens is 2. The number of nitrogens with one attached hydrogen (secondary N) is 1. The minimum Gasteiger partial charge on any atom is -0.378 e. The lowest BCUT2D eigenvalue weighted by atomic mass is 10.2. The van der Waals surface area contributed by atoms with Crippen molar-refractivity contribution in [2.45, 2.75) is 32.0 Å². The molecule has 0 amide bonds. The smallest absolute Gasteiger partial charge is 0.107 e.